The van der Waals surface area contributed by atoms with Gasteiger partial charge in [0, 0.05) is 32.3 Å². The molecular weight excluding hydrogens is 316 g/mol. The maximum Gasteiger partial charge on any atom is 0.317 e. The first-order chi connectivity index (χ1) is 10.9. The van der Waals surface area contributed by atoms with Crippen molar-refractivity contribution in [2.24, 2.45) is 11.3 Å². The molecule has 2 amide bonds. The molecule has 1 saturated carbocycles. The molecule has 2 atom stereocenters. The first kappa shape index (κ1) is 17.0. The van der Waals surface area contributed by atoms with Gasteiger partial charge in [0.15, 0.2) is 9.84 Å². The average Bonchev–Trinajstić information content (AvgIpc) is 2.78. The number of rotatable bonds is 1. The highest BCUT2D eigenvalue weighted by Crippen LogP contribution is 2.46. The Bertz CT molecular complexity index is 542. The molecule has 0 bridgehead atoms. The van der Waals surface area contributed by atoms with Crippen LogP contribution in [0.2, 0.25) is 0 Å². The van der Waals surface area contributed by atoms with Crippen LogP contribution < -0.4 is 5.32 Å². The van der Waals surface area contributed by atoms with Crippen LogP contribution in [0.1, 0.15) is 39.0 Å². The van der Waals surface area contributed by atoms with E-state index in [0.717, 1.165) is 45.3 Å². The molecule has 0 aromatic rings. The quantitative estimate of drug-likeness (QED) is 0.780. The predicted molar refractivity (Wildman–Crippen MR) is 88.0 cm³/mol. The van der Waals surface area contributed by atoms with Gasteiger partial charge in [0.25, 0.3) is 0 Å². The fourth-order valence-corrected chi connectivity index (χ4v) is 6.09. The Morgan fingerprint density at radius 1 is 1.26 bits per heavy atom. The van der Waals surface area contributed by atoms with E-state index in [0.29, 0.717) is 13.1 Å². The fourth-order valence-electron chi connectivity index (χ4n) is 4.45. The second kappa shape index (κ2) is 6.59. The van der Waals surface area contributed by atoms with E-state index in [2.05, 4.69) is 5.32 Å². The van der Waals surface area contributed by atoms with Crippen molar-refractivity contribution in [3.05, 3.63) is 0 Å². The number of nitrogens with zero attached hydrogens (tertiary/aromatic N) is 1. The van der Waals surface area contributed by atoms with Crippen molar-refractivity contribution in [2.75, 3.05) is 37.8 Å². The smallest absolute Gasteiger partial charge is 0.317 e. The van der Waals surface area contributed by atoms with Crippen molar-refractivity contribution < 1.29 is 17.9 Å². The molecule has 6 nitrogen and oxygen atoms in total. The Balaban J connectivity index is 1.64. The molecule has 132 valence electrons. The van der Waals surface area contributed by atoms with Crippen LogP contribution in [0.3, 0.4) is 0 Å². The van der Waals surface area contributed by atoms with Gasteiger partial charge in [0.05, 0.1) is 11.5 Å². The van der Waals surface area contributed by atoms with Crippen LogP contribution in [0.5, 0.6) is 0 Å². The van der Waals surface area contributed by atoms with E-state index in [4.69, 9.17) is 4.74 Å². The standard InChI is InChI=1S/C16H28N2O4S/c1-13-11-18(7-10-23(20,21)12-13)15(19)17-14-3-2-4-16(14)5-8-22-9-6-16/h13-14H,2-12H2,1H3,(H,17,19)/t13-,14+/m1/s1. The van der Waals surface area contributed by atoms with Gasteiger partial charge in [-0.1, -0.05) is 13.3 Å². The molecule has 3 aliphatic rings. The van der Waals surface area contributed by atoms with Gasteiger partial charge in [0.1, 0.15) is 0 Å². The minimum atomic E-state index is -3.03. The Labute approximate surface area is 138 Å². The molecule has 1 aliphatic carbocycles. The largest absolute Gasteiger partial charge is 0.381 e. The third-order valence-electron chi connectivity index (χ3n) is 5.72. The Morgan fingerprint density at radius 2 is 2.00 bits per heavy atom. The number of urea groups is 1. The molecule has 2 heterocycles. The van der Waals surface area contributed by atoms with Crippen LogP contribution in [0, 0.1) is 11.3 Å². The lowest BCUT2D eigenvalue weighted by Crippen LogP contribution is -2.52. The average molecular weight is 344 g/mol. The summed E-state index contributed by atoms with van der Waals surface area (Å²) in [6, 6.07) is 0.112. The maximum absolute atomic E-state index is 12.7. The number of carbonyl (C=O) groups excluding carboxylic acids is 1. The van der Waals surface area contributed by atoms with Crippen LogP contribution in [-0.4, -0.2) is 63.2 Å². The number of carbonyl (C=O) groups is 1. The third-order valence-corrected chi connectivity index (χ3v) is 7.60. The van der Waals surface area contributed by atoms with Crippen LogP contribution in [-0.2, 0) is 14.6 Å². The van der Waals surface area contributed by atoms with Crippen LogP contribution >= 0.6 is 0 Å². The minimum Gasteiger partial charge on any atom is -0.381 e. The summed E-state index contributed by atoms with van der Waals surface area (Å²) in [5, 5.41) is 3.22. The fraction of sp³-hybridized carbons (Fsp3) is 0.938. The summed E-state index contributed by atoms with van der Waals surface area (Å²) in [6.45, 7) is 4.30. The zero-order valence-electron chi connectivity index (χ0n) is 13.9. The van der Waals surface area contributed by atoms with Crippen molar-refractivity contribution in [3.63, 3.8) is 0 Å². The summed E-state index contributed by atoms with van der Waals surface area (Å²) >= 11 is 0. The molecule has 3 rings (SSSR count). The lowest BCUT2D eigenvalue weighted by atomic mass is 9.75. The Hall–Kier alpha value is -0.820. The normalized spacial score (nSPS) is 33.3. The number of amides is 2. The molecule has 0 radical (unpaired) electrons. The van der Waals surface area contributed by atoms with Crippen LogP contribution in [0.25, 0.3) is 0 Å². The molecule has 1 N–H and O–H groups in total. The van der Waals surface area contributed by atoms with Gasteiger partial charge in [-0.25, -0.2) is 13.2 Å². The highest BCUT2D eigenvalue weighted by atomic mass is 32.2. The molecule has 23 heavy (non-hydrogen) atoms. The van der Waals surface area contributed by atoms with Crippen molar-refractivity contribution in [1.82, 2.24) is 10.2 Å². The molecule has 2 aliphatic heterocycles. The summed E-state index contributed by atoms with van der Waals surface area (Å²) in [7, 11) is -3.03. The second-order valence-corrected chi connectivity index (χ2v) is 9.76. The van der Waals surface area contributed by atoms with Gasteiger partial charge in [0.2, 0.25) is 0 Å². The zero-order chi connectivity index (χ0) is 16.5. The Kier molecular flexibility index (Phi) is 4.88. The van der Waals surface area contributed by atoms with Gasteiger partial charge in [-0.3, -0.25) is 0 Å². The lowest BCUT2D eigenvalue weighted by molar-refractivity contribution is 0.00543. The van der Waals surface area contributed by atoms with Crippen molar-refractivity contribution in [2.45, 2.75) is 45.1 Å². The maximum atomic E-state index is 12.7. The van der Waals surface area contributed by atoms with E-state index < -0.39 is 9.84 Å². The summed E-state index contributed by atoms with van der Waals surface area (Å²) in [5.41, 5.74) is 0.192. The molecular formula is C16H28N2O4S. The predicted octanol–water partition coefficient (Wildman–Crippen LogP) is 1.41. The lowest BCUT2D eigenvalue weighted by Gasteiger charge is -2.40. The molecule has 7 heteroatoms. The molecule has 0 unspecified atom stereocenters. The van der Waals surface area contributed by atoms with Gasteiger partial charge in [-0.05, 0) is 37.0 Å². The van der Waals surface area contributed by atoms with Crippen molar-refractivity contribution in [1.29, 1.82) is 0 Å². The minimum absolute atomic E-state index is 0.00568. The van der Waals surface area contributed by atoms with E-state index in [9.17, 15) is 13.2 Å². The third kappa shape index (κ3) is 3.82. The number of hydrogen-bond donors (Lipinski definition) is 1. The van der Waals surface area contributed by atoms with E-state index in [1.807, 2.05) is 6.92 Å². The monoisotopic (exact) mass is 344 g/mol. The van der Waals surface area contributed by atoms with Crippen molar-refractivity contribution in [3.8, 4) is 0 Å². The van der Waals surface area contributed by atoms with Crippen LogP contribution in [0.4, 0.5) is 4.79 Å². The SMILES string of the molecule is C[C@@H]1CN(C(=O)N[C@H]2CCCC23CCOCC3)CCS(=O)(=O)C1. The van der Waals surface area contributed by atoms with Gasteiger partial charge < -0.3 is 15.0 Å². The van der Waals surface area contributed by atoms with E-state index >= 15 is 0 Å². The van der Waals surface area contributed by atoms with E-state index in [1.54, 1.807) is 4.90 Å². The van der Waals surface area contributed by atoms with E-state index in [1.165, 1.54) is 0 Å². The second-order valence-electron chi connectivity index (χ2n) is 7.53. The van der Waals surface area contributed by atoms with Gasteiger partial charge >= 0.3 is 6.03 Å². The topological polar surface area (TPSA) is 75.7 Å². The zero-order valence-corrected chi connectivity index (χ0v) is 14.7. The van der Waals surface area contributed by atoms with Gasteiger partial charge in [-0.2, -0.15) is 0 Å². The van der Waals surface area contributed by atoms with Crippen molar-refractivity contribution >= 4 is 15.9 Å². The summed E-state index contributed by atoms with van der Waals surface area (Å²) in [6.07, 6.45) is 5.36. The highest BCUT2D eigenvalue weighted by Gasteiger charge is 2.45. The summed E-state index contributed by atoms with van der Waals surface area (Å²) in [4.78, 5) is 14.4. The van der Waals surface area contributed by atoms with E-state index in [-0.39, 0.29) is 34.9 Å². The first-order valence-electron chi connectivity index (χ1n) is 8.74. The molecule has 2 saturated heterocycles. The summed E-state index contributed by atoms with van der Waals surface area (Å²) < 4.78 is 29.2. The van der Waals surface area contributed by atoms with Crippen LogP contribution in [0.15, 0.2) is 0 Å². The molecule has 3 fully saturated rings. The highest BCUT2D eigenvalue weighted by molar-refractivity contribution is 7.91. The summed E-state index contributed by atoms with van der Waals surface area (Å²) in [5.74, 6) is 0.254. The number of sulfone groups is 1. The first-order valence-corrected chi connectivity index (χ1v) is 10.6. The molecule has 0 aromatic carbocycles. The molecule has 0 aromatic heterocycles. The number of nitrogens with one attached hydrogen (secondary N) is 1. The number of hydrogen-bond acceptors (Lipinski definition) is 4. The van der Waals surface area contributed by atoms with Gasteiger partial charge in [-0.15, -0.1) is 0 Å². The number of ether oxygens (including phenoxy) is 1. The molecule has 1 spiro atoms. The Morgan fingerprint density at radius 3 is 2.74 bits per heavy atom.